The Morgan fingerprint density at radius 2 is 2.17 bits per heavy atom. The van der Waals surface area contributed by atoms with Crippen LogP contribution in [0.25, 0.3) is 0 Å². The molecule has 1 saturated heterocycles. The lowest BCUT2D eigenvalue weighted by Gasteiger charge is -2.54. The van der Waals surface area contributed by atoms with Gasteiger partial charge in [0.15, 0.2) is 0 Å². The molecule has 0 aromatic carbocycles. The van der Waals surface area contributed by atoms with Gasteiger partial charge in [0.05, 0.1) is 19.3 Å². The summed E-state index contributed by atoms with van der Waals surface area (Å²) in [6.45, 7) is 8.95. The van der Waals surface area contributed by atoms with E-state index < -0.39 is 17.3 Å². The lowest BCUT2D eigenvalue weighted by atomic mass is 9.68. The van der Waals surface area contributed by atoms with Crippen molar-refractivity contribution in [1.82, 2.24) is 4.90 Å². The first kappa shape index (κ1) is 13.6. The van der Waals surface area contributed by atoms with E-state index >= 15 is 0 Å². The van der Waals surface area contributed by atoms with E-state index in [1.54, 1.807) is 4.90 Å². The molecule has 1 heterocycles. The van der Waals surface area contributed by atoms with Gasteiger partial charge in [-0.25, -0.2) is 4.79 Å². The second-order valence-electron chi connectivity index (χ2n) is 6.44. The van der Waals surface area contributed by atoms with E-state index in [0.717, 1.165) is 6.42 Å². The summed E-state index contributed by atoms with van der Waals surface area (Å²) in [6, 6.07) is 0. The smallest absolute Gasteiger partial charge is 0.410 e. The SMILES string of the molecule is CC1CC2(CN(C(=O)OC(C)(C)C)CCO2)C1O. The molecule has 0 radical (unpaired) electrons. The first-order valence-electron chi connectivity index (χ1n) is 6.53. The average Bonchev–Trinajstić information content (AvgIpc) is 2.27. The van der Waals surface area contributed by atoms with E-state index in [4.69, 9.17) is 9.47 Å². The molecule has 104 valence electrons. The highest BCUT2D eigenvalue weighted by Crippen LogP contribution is 2.43. The molecule has 2 fully saturated rings. The highest BCUT2D eigenvalue weighted by atomic mass is 16.6. The molecule has 3 atom stereocenters. The van der Waals surface area contributed by atoms with Gasteiger partial charge in [0.25, 0.3) is 0 Å². The number of aliphatic hydroxyl groups excluding tert-OH is 1. The molecule has 3 unspecified atom stereocenters. The van der Waals surface area contributed by atoms with Gasteiger partial charge < -0.3 is 19.5 Å². The molecule has 5 nitrogen and oxygen atoms in total. The van der Waals surface area contributed by atoms with Crippen molar-refractivity contribution in [2.45, 2.75) is 51.4 Å². The van der Waals surface area contributed by atoms with Gasteiger partial charge in [-0.05, 0) is 33.1 Å². The Kier molecular flexibility index (Phi) is 3.32. The van der Waals surface area contributed by atoms with Gasteiger partial charge in [-0.15, -0.1) is 0 Å². The van der Waals surface area contributed by atoms with Crippen LogP contribution in [0.5, 0.6) is 0 Å². The summed E-state index contributed by atoms with van der Waals surface area (Å²) in [6.07, 6.45) is -0.00679. The lowest BCUT2D eigenvalue weighted by molar-refractivity contribution is -0.237. The summed E-state index contributed by atoms with van der Waals surface area (Å²) in [5, 5.41) is 10.0. The summed E-state index contributed by atoms with van der Waals surface area (Å²) in [4.78, 5) is 13.6. The fraction of sp³-hybridized carbons (Fsp3) is 0.923. The quantitative estimate of drug-likeness (QED) is 0.712. The predicted octanol–water partition coefficient (Wildman–Crippen LogP) is 1.39. The second-order valence-corrected chi connectivity index (χ2v) is 6.44. The van der Waals surface area contributed by atoms with Crippen molar-refractivity contribution < 1.29 is 19.4 Å². The van der Waals surface area contributed by atoms with Crippen LogP contribution in [0.2, 0.25) is 0 Å². The minimum atomic E-state index is -0.561. The maximum Gasteiger partial charge on any atom is 0.410 e. The van der Waals surface area contributed by atoms with Crippen molar-refractivity contribution in [2.75, 3.05) is 19.7 Å². The van der Waals surface area contributed by atoms with Crippen LogP contribution >= 0.6 is 0 Å². The van der Waals surface area contributed by atoms with Gasteiger partial charge in [0.2, 0.25) is 0 Å². The molecule has 1 amide bonds. The van der Waals surface area contributed by atoms with Gasteiger partial charge in [-0.1, -0.05) is 6.92 Å². The molecular formula is C13H23NO4. The van der Waals surface area contributed by atoms with Gasteiger partial charge >= 0.3 is 6.09 Å². The molecule has 0 bridgehead atoms. The van der Waals surface area contributed by atoms with E-state index in [2.05, 4.69) is 0 Å². The zero-order valence-electron chi connectivity index (χ0n) is 11.6. The summed E-state index contributed by atoms with van der Waals surface area (Å²) in [5.41, 5.74) is -1.05. The maximum atomic E-state index is 12.0. The minimum absolute atomic E-state index is 0.239. The van der Waals surface area contributed by atoms with Crippen LogP contribution in [0, 0.1) is 5.92 Å². The first-order valence-corrected chi connectivity index (χ1v) is 6.53. The third kappa shape index (κ3) is 2.47. The Labute approximate surface area is 108 Å². The second kappa shape index (κ2) is 4.38. The van der Waals surface area contributed by atoms with Crippen LogP contribution < -0.4 is 0 Å². The summed E-state index contributed by atoms with van der Waals surface area (Å²) in [5.74, 6) is 0.239. The highest BCUT2D eigenvalue weighted by Gasteiger charge is 2.55. The summed E-state index contributed by atoms with van der Waals surface area (Å²) >= 11 is 0. The molecule has 2 rings (SSSR count). The van der Waals surface area contributed by atoms with E-state index in [1.165, 1.54) is 0 Å². The van der Waals surface area contributed by atoms with Crippen LogP contribution in [-0.4, -0.2) is 53.1 Å². The first-order chi connectivity index (χ1) is 8.23. The molecule has 1 N–H and O–H groups in total. The lowest BCUT2D eigenvalue weighted by Crippen LogP contribution is -2.68. The number of hydrogen-bond acceptors (Lipinski definition) is 4. The molecule has 5 heteroatoms. The van der Waals surface area contributed by atoms with Crippen LogP contribution in [0.4, 0.5) is 4.79 Å². The Morgan fingerprint density at radius 1 is 1.50 bits per heavy atom. The zero-order valence-corrected chi connectivity index (χ0v) is 11.6. The topological polar surface area (TPSA) is 59.0 Å². The zero-order chi connectivity index (χ0) is 13.6. The van der Waals surface area contributed by atoms with Crippen molar-refractivity contribution >= 4 is 6.09 Å². The summed E-state index contributed by atoms with van der Waals surface area (Å²) in [7, 11) is 0. The van der Waals surface area contributed by atoms with Crippen molar-refractivity contribution in [2.24, 2.45) is 5.92 Å². The van der Waals surface area contributed by atoms with E-state index in [0.29, 0.717) is 19.7 Å². The van der Waals surface area contributed by atoms with E-state index in [9.17, 15) is 9.90 Å². The maximum absolute atomic E-state index is 12.0. The van der Waals surface area contributed by atoms with Crippen LogP contribution in [0.15, 0.2) is 0 Å². The van der Waals surface area contributed by atoms with Crippen molar-refractivity contribution in [3.63, 3.8) is 0 Å². The Morgan fingerprint density at radius 3 is 2.67 bits per heavy atom. The van der Waals surface area contributed by atoms with Crippen molar-refractivity contribution in [3.8, 4) is 0 Å². The molecule has 0 aromatic rings. The number of carbonyl (C=O) groups excluding carboxylic acids is 1. The van der Waals surface area contributed by atoms with Crippen LogP contribution in [0.3, 0.4) is 0 Å². The Balaban J connectivity index is 1.97. The van der Waals surface area contributed by atoms with Gasteiger partial charge in [-0.3, -0.25) is 0 Å². The third-order valence-corrected chi connectivity index (χ3v) is 3.61. The molecule has 0 aromatic heterocycles. The van der Waals surface area contributed by atoms with Crippen LogP contribution in [0.1, 0.15) is 34.1 Å². The van der Waals surface area contributed by atoms with Gasteiger partial charge in [0, 0.05) is 6.54 Å². The normalized spacial score (nSPS) is 36.4. The third-order valence-electron chi connectivity index (χ3n) is 3.61. The number of rotatable bonds is 0. The van der Waals surface area contributed by atoms with Gasteiger partial charge in [-0.2, -0.15) is 0 Å². The monoisotopic (exact) mass is 257 g/mol. The molecule has 2 aliphatic rings. The van der Waals surface area contributed by atoms with Crippen molar-refractivity contribution in [1.29, 1.82) is 0 Å². The van der Waals surface area contributed by atoms with Gasteiger partial charge in [0.1, 0.15) is 11.2 Å². The summed E-state index contributed by atoms with van der Waals surface area (Å²) < 4.78 is 11.0. The number of ether oxygens (including phenoxy) is 2. The largest absolute Gasteiger partial charge is 0.444 e. The molecule has 1 spiro atoms. The molecule has 1 aliphatic carbocycles. The number of nitrogens with zero attached hydrogens (tertiary/aromatic N) is 1. The highest BCUT2D eigenvalue weighted by molar-refractivity contribution is 5.68. The number of morpholine rings is 1. The van der Waals surface area contributed by atoms with Crippen molar-refractivity contribution in [3.05, 3.63) is 0 Å². The molecule has 1 aliphatic heterocycles. The fourth-order valence-corrected chi connectivity index (χ4v) is 2.73. The minimum Gasteiger partial charge on any atom is -0.444 e. The Bertz CT molecular complexity index is 334. The molecule has 18 heavy (non-hydrogen) atoms. The molecular weight excluding hydrogens is 234 g/mol. The van der Waals surface area contributed by atoms with E-state index in [-0.39, 0.29) is 12.0 Å². The number of hydrogen-bond donors (Lipinski definition) is 1. The predicted molar refractivity (Wildman–Crippen MR) is 66.3 cm³/mol. The standard InChI is InChI=1S/C13H23NO4/c1-9-7-13(10(9)15)8-14(5-6-17-13)11(16)18-12(2,3)4/h9-10,15H,5-8H2,1-4H3. The average molecular weight is 257 g/mol. The number of amides is 1. The Hall–Kier alpha value is -0.810. The van der Waals surface area contributed by atoms with E-state index in [1.807, 2.05) is 27.7 Å². The fourth-order valence-electron chi connectivity index (χ4n) is 2.73. The number of carbonyl (C=O) groups is 1. The number of aliphatic hydroxyl groups is 1. The molecule has 1 saturated carbocycles. The van der Waals surface area contributed by atoms with Crippen LogP contribution in [-0.2, 0) is 9.47 Å².